The van der Waals surface area contributed by atoms with E-state index in [9.17, 15) is 4.79 Å². The Labute approximate surface area is 204 Å². The molecule has 1 nitrogen and oxygen atoms in total. The Bertz CT molecular complexity index is 365. The molecular weight excluding hydrogens is 388 g/mol. The fraction of sp³-hybridized carbons (Fsp3) is 0.968. The van der Waals surface area contributed by atoms with E-state index in [0.717, 1.165) is 37.5 Å². The van der Waals surface area contributed by atoms with Crippen LogP contribution < -0.4 is 0 Å². The summed E-state index contributed by atoms with van der Waals surface area (Å²) >= 11 is 0. The first-order valence-electron chi connectivity index (χ1n) is 15.1. The van der Waals surface area contributed by atoms with Crippen LogP contribution in [-0.4, -0.2) is 5.78 Å². The lowest BCUT2D eigenvalue weighted by molar-refractivity contribution is -0.128. The monoisotopic (exact) mass is 450 g/mol. The van der Waals surface area contributed by atoms with Crippen LogP contribution in [0.1, 0.15) is 170 Å². The van der Waals surface area contributed by atoms with Gasteiger partial charge in [0.15, 0.2) is 0 Å². The van der Waals surface area contributed by atoms with Gasteiger partial charge in [0.25, 0.3) is 0 Å². The second-order valence-corrected chi connectivity index (χ2v) is 10.8. The van der Waals surface area contributed by atoms with Crippen molar-refractivity contribution in [2.75, 3.05) is 0 Å². The lowest BCUT2D eigenvalue weighted by Crippen LogP contribution is -2.25. The maximum atomic E-state index is 13.9. The molecule has 4 unspecified atom stereocenters. The quantitative estimate of drug-likeness (QED) is 0.134. The SMILES string of the molecule is CCCCCC(CCC(CC)CCCC)C(=O)C(CCCCC)CCC(CC)CCCC. The van der Waals surface area contributed by atoms with Crippen molar-refractivity contribution in [2.24, 2.45) is 23.7 Å². The normalized spacial score (nSPS) is 15.4. The number of carbonyl (C=O) groups is 1. The summed E-state index contributed by atoms with van der Waals surface area (Å²) in [6.07, 6.45) is 25.3. The number of ketones is 1. The third kappa shape index (κ3) is 15.5. The first-order valence-corrected chi connectivity index (χ1v) is 15.1. The first kappa shape index (κ1) is 31.7. The molecule has 0 aromatic heterocycles. The average Bonchev–Trinajstić information content (AvgIpc) is 2.81. The van der Waals surface area contributed by atoms with Crippen molar-refractivity contribution in [3.63, 3.8) is 0 Å². The summed E-state index contributed by atoms with van der Waals surface area (Å²) in [5.74, 6) is 2.98. The van der Waals surface area contributed by atoms with E-state index in [4.69, 9.17) is 0 Å². The fourth-order valence-corrected chi connectivity index (χ4v) is 5.44. The second-order valence-electron chi connectivity index (χ2n) is 10.8. The van der Waals surface area contributed by atoms with Crippen LogP contribution in [0, 0.1) is 23.7 Å². The molecule has 0 aliphatic rings. The Hall–Kier alpha value is -0.330. The van der Waals surface area contributed by atoms with Crippen molar-refractivity contribution >= 4 is 5.78 Å². The van der Waals surface area contributed by atoms with Crippen molar-refractivity contribution in [1.29, 1.82) is 0 Å². The molecule has 0 rings (SSSR count). The van der Waals surface area contributed by atoms with Gasteiger partial charge in [-0.1, -0.05) is 131 Å². The molecule has 0 saturated heterocycles. The predicted octanol–water partition coefficient (Wildman–Crippen LogP) is 10.9. The molecular formula is C31H62O. The largest absolute Gasteiger partial charge is 0.299 e. The van der Waals surface area contributed by atoms with E-state index in [1.54, 1.807) is 0 Å². The lowest BCUT2D eigenvalue weighted by atomic mass is 9.78. The number of rotatable bonds is 24. The Kier molecular flexibility index (Phi) is 22.2. The molecule has 0 saturated carbocycles. The Balaban J connectivity index is 5.14. The van der Waals surface area contributed by atoms with Gasteiger partial charge in [-0.2, -0.15) is 0 Å². The summed E-state index contributed by atoms with van der Waals surface area (Å²) in [6, 6.07) is 0. The zero-order valence-electron chi connectivity index (χ0n) is 23.4. The van der Waals surface area contributed by atoms with E-state index in [0.29, 0.717) is 17.6 Å². The molecule has 1 heteroatoms. The van der Waals surface area contributed by atoms with Crippen LogP contribution in [0.2, 0.25) is 0 Å². The molecule has 4 atom stereocenters. The summed E-state index contributed by atoms with van der Waals surface area (Å²) in [4.78, 5) is 13.9. The van der Waals surface area contributed by atoms with Crippen molar-refractivity contribution in [2.45, 2.75) is 170 Å². The minimum Gasteiger partial charge on any atom is -0.299 e. The third-order valence-corrected chi connectivity index (χ3v) is 8.05. The van der Waals surface area contributed by atoms with Crippen LogP contribution >= 0.6 is 0 Å². The van der Waals surface area contributed by atoms with Crippen molar-refractivity contribution < 1.29 is 4.79 Å². The van der Waals surface area contributed by atoms with Gasteiger partial charge in [-0.25, -0.2) is 0 Å². The van der Waals surface area contributed by atoms with Gasteiger partial charge in [0.05, 0.1) is 0 Å². The van der Waals surface area contributed by atoms with Crippen LogP contribution in [0.4, 0.5) is 0 Å². The smallest absolute Gasteiger partial charge is 0.139 e. The van der Waals surface area contributed by atoms with Gasteiger partial charge in [-0.3, -0.25) is 4.79 Å². The molecule has 0 amide bonds. The van der Waals surface area contributed by atoms with Crippen molar-refractivity contribution in [1.82, 2.24) is 0 Å². The summed E-state index contributed by atoms with van der Waals surface area (Å²) < 4.78 is 0. The summed E-state index contributed by atoms with van der Waals surface area (Å²) in [5, 5.41) is 0. The number of unbranched alkanes of at least 4 members (excludes halogenated alkanes) is 6. The highest BCUT2D eigenvalue weighted by Gasteiger charge is 2.27. The zero-order chi connectivity index (χ0) is 24.0. The zero-order valence-corrected chi connectivity index (χ0v) is 23.4. The van der Waals surface area contributed by atoms with Crippen LogP contribution in [0.25, 0.3) is 0 Å². The second kappa shape index (κ2) is 22.5. The standard InChI is InChI=1S/C31H62O/c1-7-13-17-21-29(25-23-27(11-5)19-15-9-3)31(32)30(22-18-14-8-2)26-24-28(12-6)20-16-10-4/h27-30H,7-26H2,1-6H3. The molecule has 0 aliphatic carbocycles. The van der Waals surface area contributed by atoms with Gasteiger partial charge < -0.3 is 0 Å². The number of hydrogen-bond donors (Lipinski definition) is 0. The average molecular weight is 451 g/mol. The molecule has 0 aromatic carbocycles. The fourth-order valence-electron chi connectivity index (χ4n) is 5.44. The Morgan fingerprint density at radius 3 is 1.12 bits per heavy atom. The van der Waals surface area contributed by atoms with Crippen LogP contribution in [-0.2, 0) is 4.79 Å². The molecule has 0 N–H and O–H groups in total. The third-order valence-electron chi connectivity index (χ3n) is 8.05. The Morgan fingerprint density at radius 1 is 0.438 bits per heavy atom. The van der Waals surface area contributed by atoms with E-state index in [2.05, 4.69) is 41.5 Å². The maximum absolute atomic E-state index is 13.9. The van der Waals surface area contributed by atoms with Gasteiger partial charge in [0.2, 0.25) is 0 Å². The molecule has 32 heavy (non-hydrogen) atoms. The van der Waals surface area contributed by atoms with Crippen LogP contribution in [0.15, 0.2) is 0 Å². The molecule has 0 heterocycles. The van der Waals surface area contributed by atoms with E-state index >= 15 is 0 Å². The summed E-state index contributed by atoms with van der Waals surface area (Å²) in [7, 11) is 0. The van der Waals surface area contributed by atoms with Crippen LogP contribution in [0.5, 0.6) is 0 Å². The molecule has 0 fully saturated rings. The maximum Gasteiger partial charge on any atom is 0.139 e. The minimum absolute atomic E-state index is 0.333. The molecule has 192 valence electrons. The van der Waals surface area contributed by atoms with E-state index < -0.39 is 0 Å². The van der Waals surface area contributed by atoms with Gasteiger partial charge in [0, 0.05) is 11.8 Å². The minimum atomic E-state index is 0.333. The van der Waals surface area contributed by atoms with E-state index in [1.165, 1.54) is 103 Å². The molecule has 0 bridgehead atoms. The molecule has 0 aliphatic heterocycles. The summed E-state index contributed by atoms with van der Waals surface area (Å²) in [5.41, 5.74) is 0. The predicted molar refractivity (Wildman–Crippen MR) is 145 cm³/mol. The van der Waals surface area contributed by atoms with Gasteiger partial charge >= 0.3 is 0 Å². The van der Waals surface area contributed by atoms with Crippen molar-refractivity contribution in [3.8, 4) is 0 Å². The van der Waals surface area contributed by atoms with E-state index in [-0.39, 0.29) is 0 Å². The topological polar surface area (TPSA) is 17.1 Å². The first-order chi connectivity index (χ1) is 15.6. The summed E-state index contributed by atoms with van der Waals surface area (Å²) in [6.45, 7) is 13.9. The van der Waals surface area contributed by atoms with Crippen molar-refractivity contribution in [3.05, 3.63) is 0 Å². The number of Topliss-reactive ketones (excluding diaryl/α,β-unsaturated/α-hetero) is 1. The molecule has 0 radical (unpaired) electrons. The number of hydrogen-bond acceptors (Lipinski definition) is 1. The Morgan fingerprint density at radius 2 is 0.812 bits per heavy atom. The molecule has 0 aromatic rings. The van der Waals surface area contributed by atoms with Gasteiger partial charge in [-0.05, 0) is 50.4 Å². The number of carbonyl (C=O) groups excluding carboxylic acids is 1. The highest BCUT2D eigenvalue weighted by Crippen LogP contribution is 2.31. The lowest BCUT2D eigenvalue weighted by Gasteiger charge is -2.26. The molecule has 0 spiro atoms. The van der Waals surface area contributed by atoms with Gasteiger partial charge in [0.1, 0.15) is 5.78 Å². The highest BCUT2D eigenvalue weighted by molar-refractivity contribution is 5.83. The van der Waals surface area contributed by atoms with Gasteiger partial charge in [-0.15, -0.1) is 0 Å². The van der Waals surface area contributed by atoms with Crippen LogP contribution in [0.3, 0.4) is 0 Å². The highest BCUT2D eigenvalue weighted by atomic mass is 16.1. The van der Waals surface area contributed by atoms with E-state index in [1.807, 2.05) is 0 Å².